The zero-order valence-electron chi connectivity index (χ0n) is 12.0. The monoisotopic (exact) mass is 340 g/mol. The number of sulfonamides is 1. The zero-order valence-corrected chi connectivity index (χ0v) is 13.6. The van der Waals surface area contributed by atoms with E-state index in [2.05, 4.69) is 9.46 Å². The Morgan fingerprint density at radius 3 is 2.67 bits per heavy atom. The maximum absolute atomic E-state index is 12.1. The van der Waals surface area contributed by atoms with Gasteiger partial charge in [-0.2, -0.15) is 0 Å². The molecule has 1 rings (SSSR count). The van der Waals surface area contributed by atoms with Crippen LogP contribution in [0, 0.1) is 0 Å². The van der Waals surface area contributed by atoms with Gasteiger partial charge in [0, 0.05) is 12.6 Å². The van der Waals surface area contributed by atoms with Gasteiger partial charge in [0.2, 0.25) is 10.9 Å². The summed E-state index contributed by atoms with van der Waals surface area (Å²) in [5.41, 5.74) is 5.54. The number of nitrogens with two attached hydrogens (primary N) is 1. The molecule has 3 N–H and O–H groups in total. The lowest BCUT2D eigenvalue weighted by Gasteiger charge is -2.15. The van der Waals surface area contributed by atoms with Gasteiger partial charge in [-0.25, -0.2) is 17.9 Å². The first-order valence-electron chi connectivity index (χ1n) is 6.35. The number of halogens is 1. The number of methoxy groups -OCH3 is 1. The average Bonchev–Trinajstić information content (AvgIpc) is 2.93. The van der Waals surface area contributed by atoms with Crippen molar-refractivity contribution in [3.63, 3.8) is 0 Å². The second-order valence-corrected chi connectivity index (χ2v) is 5.95. The number of furan rings is 1. The van der Waals surface area contributed by atoms with Crippen molar-refractivity contribution in [1.29, 1.82) is 0 Å². The third-order valence-electron chi connectivity index (χ3n) is 2.75. The molecule has 1 aromatic rings. The first kappa shape index (κ1) is 19.9. The second-order valence-electron chi connectivity index (χ2n) is 4.31. The molecule has 0 aliphatic rings. The van der Waals surface area contributed by atoms with Crippen LogP contribution in [-0.2, 0) is 14.8 Å². The lowest BCUT2D eigenvalue weighted by molar-refractivity contribution is 0.0559. The van der Waals surface area contributed by atoms with E-state index in [-0.39, 0.29) is 35.8 Å². The molecule has 0 spiro atoms. The minimum Gasteiger partial charge on any atom is -0.463 e. The molecule has 0 fully saturated rings. The Balaban J connectivity index is 0.00000400. The van der Waals surface area contributed by atoms with Crippen LogP contribution in [0.3, 0.4) is 0 Å². The Labute approximate surface area is 130 Å². The number of carbonyl (C=O) groups is 1. The molecule has 21 heavy (non-hydrogen) atoms. The molecule has 0 saturated carbocycles. The van der Waals surface area contributed by atoms with Crippen LogP contribution in [0.25, 0.3) is 0 Å². The number of unbranched alkanes of at least 4 members (excludes halogenated alkanes) is 1. The maximum Gasteiger partial charge on any atom is 0.374 e. The van der Waals surface area contributed by atoms with Crippen molar-refractivity contribution < 1.29 is 22.4 Å². The van der Waals surface area contributed by atoms with Crippen LogP contribution in [0.5, 0.6) is 0 Å². The number of rotatable bonds is 8. The first-order valence-corrected chi connectivity index (χ1v) is 7.83. The molecule has 0 aromatic carbocycles. The predicted octanol–water partition coefficient (Wildman–Crippen LogP) is 1.28. The SMILES string of the molecule is CCCCC(CN)NS(=O)(=O)c1ccc(C(=O)OC)o1.Cl. The van der Waals surface area contributed by atoms with Crippen LogP contribution >= 0.6 is 12.4 Å². The van der Waals surface area contributed by atoms with Gasteiger partial charge in [-0.15, -0.1) is 12.4 Å². The minimum absolute atomic E-state index is 0. The fourth-order valence-electron chi connectivity index (χ4n) is 1.63. The van der Waals surface area contributed by atoms with E-state index >= 15 is 0 Å². The number of carbonyl (C=O) groups excluding carboxylic acids is 1. The number of hydrogen-bond acceptors (Lipinski definition) is 6. The lowest BCUT2D eigenvalue weighted by Crippen LogP contribution is -2.39. The van der Waals surface area contributed by atoms with Crippen molar-refractivity contribution >= 4 is 28.4 Å². The van der Waals surface area contributed by atoms with Crippen molar-refractivity contribution in [2.45, 2.75) is 37.3 Å². The molecule has 7 nitrogen and oxygen atoms in total. The van der Waals surface area contributed by atoms with E-state index in [1.54, 1.807) is 0 Å². The van der Waals surface area contributed by atoms with Crippen molar-refractivity contribution in [3.8, 4) is 0 Å². The van der Waals surface area contributed by atoms with Gasteiger partial charge < -0.3 is 14.9 Å². The second kappa shape index (κ2) is 9.04. The van der Waals surface area contributed by atoms with Crippen molar-refractivity contribution in [2.24, 2.45) is 5.73 Å². The summed E-state index contributed by atoms with van der Waals surface area (Å²) < 4.78 is 36.1. The van der Waals surface area contributed by atoms with Gasteiger partial charge in [0.1, 0.15) is 0 Å². The number of ether oxygens (including phenoxy) is 1. The topological polar surface area (TPSA) is 112 Å². The van der Waals surface area contributed by atoms with E-state index in [0.29, 0.717) is 6.42 Å². The Bertz CT molecular complexity index is 544. The molecule has 1 aromatic heterocycles. The summed E-state index contributed by atoms with van der Waals surface area (Å²) >= 11 is 0. The van der Waals surface area contributed by atoms with E-state index in [1.165, 1.54) is 19.2 Å². The third-order valence-corrected chi connectivity index (χ3v) is 4.14. The highest BCUT2D eigenvalue weighted by atomic mass is 35.5. The predicted molar refractivity (Wildman–Crippen MR) is 80.0 cm³/mol. The summed E-state index contributed by atoms with van der Waals surface area (Å²) in [7, 11) is -2.64. The molecule has 0 radical (unpaired) electrons. The molecular weight excluding hydrogens is 320 g/mol. The normalized spacial score (nSPS) is 12.5. The molecule has 9 heteroatoms. The molecule has 0 saturated heterocycles. The van der Waals surface area contributed by atoms with E-state index in [4.69, 9.17) is 10.2 Å². The Morgan fingerprint density at radius 1 is 1.48 bits per heavy atom. The highest BCUT2D eigenvalue weighted by Crippen LogP contribution is 2.15. The van der Waals surface area contributed by atoms with Crippen molar-refractivity contribution in [2.75, 3.05) is 13.7 Å². The Morgan fingerprint density at radius 2 is 2.14 bits per heavy atom. The molecule has 1 unspecified atom stereocenters. The molecule has 0 amide bonds. The molecule has 0 aliphatic heterocycles. The van der Waals surface area contributed by atoms with Crippen LogP contribution in [0.1, 0.15) is 36.7 Å². The number of hydrogen-bond donors (Lipinski definition) is 2. The third kappa shape index (κ3) is 5.66. The lowest BCUT2D eigenvalue weighted by atomic mass is 10.1. The molecule has 122 valence electrons. The van der Waals surface area contributed by atoms with E-state index < -0.39 is 16.0 Å². The van der Waals surface area contributed by atoms with Gasteiger partial charge >= 0.3 is 5.97 Å². The zero-order chi connectivity index (χ0) is 15.2. The van der Waals surface area contributed by atoms with Gasteiger partial charge in [-0.05, 0) is 18.6 Å². The molecular formula is C12H21ClN2O5S. The number of nitrogens with one attached hydrogen (secondary N) is 1. The summed E-state index contributed by atoms with van der Waals surface area (Å²) in [6.45, 7) is 2.21. The van der Waals surface area contributed by atoms with E-state index in [0.717, 1.165) is 12.8 Å². The largest absolute Gasteiger partial charge is 0.463 e. The minimum atomic E-state index is -3.83. The highest BCUT2D eigenvalue weighted by Gasteiger charge is 2.24. The van der Waals surface area contributed by atoms with E-state index in [9.17, 15) is 13.2 Å². The van der Waals surface area contributed by atoms with Gasteiger partial charge in [-0.3, -0.25) is 0 Å². The first-order chi connectivity index (χ1) is 9.44. The smallest absolute Gasteiger partial charge is 0.374 e. The van der Waals surface area contributed by atoms with Gasteiger partial charge in [0.15, 0.2) is 0 Å². The van der Waals surface area contributed by atoms with Crippen molar-refractivity contribution in [3.05, 3.63) is 17.9 Å². The molecule has 1 atom stereocenters. The summed E-state index contributed by atoms with van der Waals surface area (Å²) in [5.74, 6) is -0.890. The fraction of sp³-hybridized carbons (Fsp3) is 0.583. The van der Waals surface area contributed by atoms with Gasteiger partial charge in [-0.1, -0.05) is 19.8 Å². The average molecular weight is 341 g/mol. The summed E-state index contributed by atoms with van der Waals surface area (Å²) in [6, 6.07) is 2.11. The Kier molecular flexibility index (Phi) is 8.57. The summed E-state index contributed by atoms with van der Waals surface area (Å²) in [6.07, 6.45) is 2.47. The van der Waals surface area contributed by atoms with E-state index in [1.807, 2.05) is 6.92 Å². The quantitative estimate of drug-likeness (QED) is 0.689. The molecule has 0 bridgehead atoms. The van der Waals surface area contributed by atoms with Crippen molar-refractivity contribution in [1.82, 2.24) is 4.72 Å². The number of esters is 1. The highest BCUT2D eigenvalue weighted by molar-refractivity contribution is 7.89. The summed E-state index contributed by atoms with van der Waals surface area (Å²) in [4.78, 5) is 11.2. The maximum atomic E-state index is 12.1. The van der Waals surface area contributed by atoms with Crippen LogP contribution in [0.4, 0.5) is 0 Å². The van der Waals surface area contributed by atoms with Crippen LogP contribution < -0.4 is 10.5 Å². The fourth-order valence-corrected chi connectivity index (χ4v) is 2.84. The van der Waals surface area contributed by atoms with Crippen LogP contribution in [0.2, 0.25) is 0 Å². The standard InChI is InChI=1S/C12H20N2O5S.ClH/c1-3-4-5-9(8-13)14-20(16,17)11-7-6-10(19-11)12(15)18-2;/h6-7,9,14H,3-5,8,13H2,1-2H3;1H. The molecule has 0 aliphatic carbocycles. The Hall–Kier alpha value is -1.09. The van der Waals surface area contributed by atoms with Gasteiger partial charge in [0.05, 0.1) is 7.11 Å². The summed E-state index contributed by atoms with van der Waals surface area (Å²) in [5, 5.41) is -0.326. The van der Waals surface area contributed by atoms with Gasteiger partial charge in [0.25, 0.3) is 10.0 Å². The van der Waals surface area contributed by atoms with Crippen LogP contribution in [0.15, 0.2) is 21.6 Å². The van der Waals surface area contributed by atoms with Crippen LogP contribution in [-0.4, -0.2) is 34.1 Å². The molecule has 1 heterocycles.